The maximum absolute atomic E-state index is 13.0. The van der Waals surface area contributed by atoms with Gasteiger partial charge in [-0.05, 0) is 97.2 Å². The molecule has 0 radical (unpaired) electrons. The van der Waals surface area contributed by atoms with E-state index in [0.29, 0.717) is 11.8 Å². The molecule has 5 aliphatic rings. The van der Waals surface area contributed by atoms with E-state index in [0.717, 1.165) is 57.8 Å². The highest BCUT2D eigenvalue weighted by molar-refractivity contribution is 5.63. The zero-order chi connectivity index (χ0) is 24.2. The normalized spacial score (nSPS) is 54.7. The fourth-order valence-corrected chi connectivity index (χ4v) is 10.4. The molecule has 0 saturated heterocycles. The molecule has 0 aromatic carbocycles. The topological polar surface area (TPSA) is 57.5 Å². The number of hydrogen-bond acceptors (Lipinski definition) is 3. The van der Waals surface area contributed by atoms with Gasteiger partial charge in [0.05, 0.1) is 12.2 Å². The smallest absolute Gasteiger partial charge is 0.126 e. The van der Waals surface area contributed by atoms with E-state index in [9.17, 15) is 15.0 Å². The lowest BCUT2D eigenvalue weighted by molar-refractivity contribution is -0.206. The van der Waals surface area contributed by atoms with Crippen molar-refractivity contribution in [2.75, 3.05) is 0 Å². The summed E-state index contributed by atoms with van der Waals surface area (Å²) < 4.78 is 0. The van der Waals surface area contributed by atoms with Gasteiger partial charge in [-0.1, -0.05) is 60.1 Å². The van der Waals surface area contributed by atoms with Crippen LogP contribution in [0, 0.1) is 50.2 Å². The molecule has 0 aliphatic heterocycles. The van der Waals surface area contributed by atoms with E-state index in [4.69, 9.17) is 0 Å². The highest BCUT2D eigenvalue weighted by Crippen LogP contribution is 2.75. The van der Waals surface area contributed by atoms with Crippen molar-refractivity contribution in [1.29, 1.82) is 0 Å². The van der Waals surface area contributed by atoms with Crippen LogP contribution in [0.1, 0.15) is 106 Å². The number of aliphatic hydroxyl groups is 2. The number of aliphatic hydroxyl groups excluding tert-OH is 2. The molecule has 0 aromatic rings. The predicted molar refractivity (Wildman–Crippen MR) is 132 cm³/mol. The Morgan fingerprint density at radius 1 is 0.848 bits per heavy atom. The summed E-state index contributed by atoms with van der Waals surface area (Å²) in [6.45, 7) is 16.4. The van der Waals surface area contributed by atoms with Crippen LogP contribution in [0.15, 0.2) is 11.6 Å². The number of hydrogen-bond donors (Lipinski definition) is 2. The molecule has 9 atom stereocenters. The highest BCUT2D eigenvalue weighted by Gasteiger charge is 2.69. The van der Waals surface area contributed by atoms with Crippen LogP contribution in [-0.2, 0) is 4.79 Å². The first-order chi connectivity index (χ1) is 15.2. The Morgan fingerprint density at radius 2 is 1.55 bits per heavy atom. The van der Waals surface area contributed by atoms with Gasteiger partial charge < -0.3 is 15.0 Å². The number of rotatable bonds is 1. The minimum atomic E-state index is -0.327. The van der Waals surface area contributed by atoms with E-state index >= 15 is 0 Å². The average Bonchev–Trinajstić information content (AvgIpc) is 2.72. The van der Waals surface area contributed by atoms with Crippen molar-refractivity contribution >= 4 is 6.29 Å². The molecule has 0 unspecified atom stereocenters. The number of carbonyl (C=O) groups is 1. The third kappa shape index (κ3) is 2.85. The van der Waals surface area contributed by atoms with Crippen molar-refractivity contribution in [1.82, 2.24) is 0 Å². The maximum atomic E-state index is 13.0. The van der Waals surface area contributed by atoms with Crippen molar-refractivity contribution in [3.05, 3.63) is 11.6 Å². The summed E-state index contributed by atoms with van der Waals surface area (Å²) in [4.78, 5) is 13.0. The summed E-state index contributed by atoms with van der Waals surface area (Å²) in [6.07, 6.45) is 12.3. The summed E-state index contributed by atoms with van der Waals surface area (Å²) in [7, 11) is 0. The fraction of sp³-hybridized carbons (Fsp3) is 0.900. The van der Waals surface area contributed by atoms with E-state index in [1.165, 1.54) is 6.29 Å². The van der Waals surface area contributed by atoms with Gasteiger partial charge in [-0.15, -0.1) is 0 Å². The van der Waals surface area contributed by atoms with Crippen molar-refractivity contribution < 1.29 is 15.0 Å². The van der Waals surface area contributed by atoms with Gasteiger partial charge in [0.15, 0.2) is 0 Å². The Kier molecular flexibility index (Phi) is 5.07. The molecular formula is C30H48O3. The molecule has 0 aromatic heterocycles. The van der Waals surface area contributed by atoms with E-state index in [1.54, 1.807) is 5.57 Å². The van der Waals surface area contributed by atoms with Gasteiger partial charge in [-0.2, -0.15) is 0 Å². The van der Waals surface area contributed by atoms with Crippen molar-refractivity contribution in [2.24, 2.45) is 50.2 Å². The van der Waals surface area contributed by atoms with Crippen molar-refractivity contribution in [3.63, 3.8) is 0 Å². The molecule has 186 valence electrons. The number of allylic oxidation sites excluding steroid dienone is 2. The largest absolute Gasteiger partial charge is 0.393 e. The molecule has 5 aliphatic carbocycles. The van der Waals surface area contributed by atoms with E-state index in [-0.39, 0.29) is 50.6 Å². The van der Waals surface area contributed by atoms with Crippen molar-refractivity contribution in [3.8, 4) is 0 Å². The predicted octanol–water partition coefficient (Wildman–Crippen LogP) is 6.32. The minimum Gasteiger partial charge on any atom is -0.393 e. The zero-order valence-corrected chi connectivity index (χ0v) is 22.2. The lowest BCUT2D eigenvalue weighted by atomic mass is 9.33. The van der Waals surface area contributed by atoms with Gasteiger partial charge in [-0.25, -0.2) is 0 Å². The number of carbonyl (C=O) groups excluding carboxylic acids is 1. The first-order valence-electron chi connectivity index (χ1n) is 13.7. The van der Waals surface area contributed by atoms with E-state index in [2.05, 4.69) is 54.5 Å². The van der Waals surface area contributed by atoms with Crippen LogP contribution in [0.4, 0.5) is 0 Å². The highest BCUT2D eigenvalue weighted by atomic mass is 16.3. The third-order valence-corrected chi connectivity index (χ3v) is 12.9. The Bertz CT molecular complexity index is 872. The molecule has 2 N–H and O–H groups in total. The zero-order valence-electron chi connectivity index (χ0n) is 22.2. The summed E-state index contributed by atoms with van der Waals surface area (Å²) in [5.74, 6) is 1.03. The summed E-state index contributed by atoms with van der Waals surface area (Å²) in [5.41, 5.74) is 1.36. The molecular weight excluding hydrogens is 408 g/mol. The lowest BCUT2D eigenvalue weighted by Gasteiger charge is -2.71. The molecule has 4 saturated carbocycles. The number of aldehydes is 1. The van der Waals surface area contributed by atoms with Gasteiger partial charge in [0.2, 0.25) is 0 Å². The molecule has 0 spiro atoms. The molecule has 0 amide bonds. The molecule has 4 fully saturated rings. The Morgan fingerprint density at radius 3 is 2.21 bits per heavy atom. The molecule has 5 rings (SSSR count). The second-order valence-corrected chi connectivity index (χ2v) is 15.0. The first kappa shape index (κ1) is 24.0. The van der Waals surface area contributed by atoms with Gasteiger partial charge in [-0.3, -0.25) is 0 Å². The monoisotopic (exact) mass is 456 g/mol. The summed E-state index contributed by atoms with van der Waals surface area (Å²) in [6, 6.07) is 0. The van der Waals surface area contributed by atoms with Gasteiger partial charge in [0.25, 0.3) is 0 Å². The minimum absolute atomic E-state index is 0.0272. The second kappa shape index (κ2) is 6.96. The van der Waals surface area contributed by atoms with Gasteiger partial charge in [0.1, 0.15) is 6.29 Å². The molecule has 0 bridgehead atoms. The van der Waals surface area contributed by atoms with Crippen LogP contribution in [0.5, 0.6) is 0 Å². The Balaban J connectivity index is 1.61. The van der Waals surface area contributed by atoms with Crippen LogP contribution in [-0.4, -0.2) is 28.7 Å². The first-order valence-corrected chi connectivity index (χ1v) is 13.7. The molecule has 0 heterocycles. The van der Waals surface area contributed by atoms with Crippen LogP contribution < -0.4 is 0 Å². The molecule has 3 nitrogen and oxygen atoms in total. The quantitative estimate of drug-likeness (QED) is 0.359. The van der Waals surface area contributed by atoms with Crippen molar-refractivity contribution in [2.45, 2.75) is 118 Å². The molecule has 3 heteroatoms. The van der Waals surface area contributed by atoms with Gasteiger partial charge >= 0.3 is 0 Å². The summed E-state index contributed by atoms with van der Waals surface area (Å²) >= 11 is 0. The van der Waals surface area contributed by atoms with E-state index in [1.807, 2.05) is 0 Å². The number of fused-ring (bicyclic) bond motifs is 7. The summed E-state index contributed by atoms with van der Waals surface area (Å²) in [5, 5.41) is 22.2. The standard InChI is InChI=1S/C30H48O3/c1-25(2)16-20-19-8-9-22-29(7,28(19,6)15-14-27(20,5)24(33)17-25)12-10-21-26(3,4)23(32)11-13-30(21,22)18-31/h8,18,20-24,32-33H,9-17H2,1-7H3/t20-,21-,22-,23+,24+,27+,28+,29+,30+/m0/s1. The fourth-order valence-electron chi connectivity index (χ4n) is 10.4. The average molecular weight is 457 g/mol. The van der Waals surface area contributed by atoms with E-state index < -0.39 is 0 Å². The van der Waals surface area contributed by atoms with Crippen LogP contribution in [0.2, 0.25) is 0 Å². The molecule has 33 heavy (non-hydrogen) atoms. The second-order valence-electron chi connectivity index (χ2n) is 15.0. The lowest BCUT2D eigenvalue weighted by Crippen LogP contribution is -2.66. The third-order valence-electron chi connectivity index (χ3n) is 12.9. The van der Waals surface area contributed by atoms with Crippen LogP contribution in [0.3, 0.4) is 0 Å². The SMILES string of the molecule is CC1(C)C[C@@H](O)[C@]2(C)CC[C@]3(C)C(=CC[C@@H]4[C@@]5(C=O)CC[C@@H](O)C(C)(C)[C@@H]5CC[C@]43C)[C@@H]2C1. The Hall–Kier alpha value is -0.670. The van der Waals surface area contributed by atoms with Gasteiger partial charge in [0, 0.05) is 10.8 Å². The van der Waals surface area contributed by atoms with Crippen LogP contribution in [0.25, 0.3) is 0 Å². The maximum Gasteiger partial charge on any atom is 0.126 e. The Labute approximate surface area is 201 Å². The van der Waals surface area contributed by atoms with Crippen LogP contribution >= 0.6 is 0 Å².